The van der Waals surface area contributed by atoms with Crippen molar-refractivity contribution in [1.29, 1.82) is 0 Å². The minimum Gasteiger partial charge on any atom is -0.290 e. The number of hydrogen-bond donors (Lipinski definition) is 1. The molecule has 1 aliphatic rings. The third-order valence-corrected chi connectivity index (χ3v) is 4.61. The van der Waals surface area contributed by atoms with Crippen molar-refractivity contribution in [3.8, 4) is 11.1 Å². The zero-order valence-electron chi connectivity index (χ0n) is 12.4. The highest BCUT2D eigenvalue weighted by Crippen LogP contribution is 2.28. The lowest BCUT2D eigenvalue weighted by atomic mass is 9.70. The molecular formula is C17H12BFNO3S. The summed E-state index contributed by atoms with van der Waals surface area (Å²) in [4.78, 5) is 12.1. The molecule has 2 aromatic carbocycles. The predicted molar refractivity (Wildman–Crippen MR) is 90.5 cm³/mol. The topological polar surface area (TPSA) is 77.2 Å². The van der Waals surface area contributed by atoms with Crippen LogP contribution in [0.1, 0.15) is 10.4 Å². The molecule has 1 heterocycles. The van der Waals surface area contributed by atoms with E-state index >= 15 is 0 Å². The van der Waals surface area contributed by atoms with Crippen molar-refractivity contribution in [1.82, 2.24) is 0 Å². The number of Topliss-reactive ketones (excluding diaryl/α,β-unsaturated/α-hetero) is 1. The molecule has 2 N–H and O–H groups in total. The standard InChI is InChI=1S/C17H12BFNO3S/c19-15-10-11(12-4-1-2-6-16(12)24(20,22)23)7-8-13(15)17(21)14-5-3-9-18-14/h1-10H,(H2,20,22,23). The molecule has 1 radical (unpaired) electrons. The summed E-state index contributed by atoms with van der Waals surface area (Å²) >= 11 is 0. The molecule has 2 aromatic rings. The van der Waals surface area contributed by atoms with Crippen LogP contribution in [0.3, 0.4) is 0 Å². The molecule has 1 aliphatic heterocycles. The summed E-state index contributed by atoms with van der Waals surface area (Å²) in [5.74, 6) is 0.550. The van der Waals surface area contributed by atoms with E-state index < -0.39 is 21.6 Å². The molecule has 0 saturated carbocycles. The van der Waals surface area contributed by atoms with E-state index in [1.165, 1.54) is 30.3 Å². The van der Waals surface area contributed by atoms with Crippen LogP contribution in [0.4, 0.5) is 4.39 Å². The van der Waals surface area contributed by atoms with Crippen molar-refractivity contribution in [2.24, 2.45) is 5.14 Å². The number of rotatable bonds is 4. The molecule has 119 valence electrons. The van der Waals surface area contributed by atoms with Gasteiger partial charge in [0.15, 0.2) is 13.1 Å². The Bertz CT molecular complexity index is 997. The van der Waals surface area contributed by atoms with Crippen LogP contribution in [0.2, 0.25) is 0 Å². The molecule has 0 atom stereocenters. The Morgan fingerprint density at radius 1 is 1.12 bits per heavy atom. The molecule has 0 fully saturated rings. The van der Waals surface area contributed by atoms with Gasteiger partial charge in [0.25, 0.3) is 0 Å². The molecule has 0 aromatic heterocycles. The number of benzene rings is 2. The third kappa shape index (κ3) is 3.08. The molecule has 7 heteroatoms. The first-order valence-corrected chi connectivity index (χ1v) is 8.61. The highest BCUT2D eigenvalue weighted by molar-refractivity contribution is 7.89. The molecule has 0 aliphatic carbocycles. The van der Waals surface area contributed by atoms with Gasteiger partial charge < -0.3 is 0 Å². The first kappa shape index (κ1) is 16.4. The molecule has 3 rings (SSSR count). The number of allylic oxidation sites excluding steroid dienone is 3. The zero-order chi connectivity index (χ0) is 17.3. The fourth-order valence-electron chi connectivity index (χ4n) is 2.50. The van der Waals surface area contributed by atoms with E-state index in [2.05, 4.69) is 0 Å². The maximum Gasteiger partial charge on any atom is 0.238 e. The van der Waals surface area contributed by atoms with Gasteiger partial charge in [0.2, 0.25) is 10.0 Å². The summed E-state index contributed by atoms with van der Waals surface area (Å²) in [7, 11) is -2.34. The quantitative estimate of drug-likeness (QED) is 0.686. The highest BCUT2D eigenvalue weighted by Gasteiger charge is 2.20. The summed E-state index contributed by atoms with van der Waals surface area (Å²) < 4.78 is 37.7. The Hall–Kier alpha value is -2.51. The maximum atomic E-state index is 14.4. The average Bonchev–Trinajstić information content (AvgIpc) is 3.08. The number of primary sulfonamides is 1. The molecule has 0 amide bonds. The summed E-state index contributed by atoms with van der Waals surface area (Å²) in [5, 5.41) is 5.20. The summed E-state index contributed by atoms with van der Waals surface area (Å²) in [5.41, 5.74) is 0.937. The van der Waals surface area contributed by atoms with Crippen molar-refractivity contribution in [2.45, 2.75) is 4.90 Å². The number of carbonyl (C=O) groups excluding carboxylic acids is 1. The van der Waals surface area contributed by atoms with E-state index in [0.29, 0.717) is 11.0 Å². The van der Waals surface area contributed by atoms with Crippen LogP contribution in [0.15, 0.2) is 71.0 Å². The molecule has 0 saturated heterocycles. The average molecular weight is 340 g/mol. The Labute approximate surface area is 139 Å². The van der Waals surface area contributed by atoms with Crippen LogP contribution in [0.25, 0.3) is 11.1 Å². The number of nitrogens with two attached hydrogens (primary N) is 1. The normalized spacial score (nSPS) is 13.5. The van der Waals surface area contributed by atoms with Gasteiger partial charge in [0.1, 0.15) is 5.82 Å². The van der Waals surface area contributed by atoms with Crippen LogP contribution in [0, 0.1) is 5.82 Å². The van der Waals surface area contributed by atoms with Crippen molar-refractivity contribution in [3.05, 3.63) is 77.4 Å². The van der Waals surface area contributed by atoms with Gasteiger partial charge in [-0.1, -0.05) is 36.4 Å². The van der Waals surface area contributed by atoms with E-state index in [4.69, 9.17) is 5.14 Å². The minimum atomic E-state index is -3.95. The van der Waals surface area contributed by atoms with Crippen molar-refractivity contribution < 1.29 is 17.6 Å². The Morgan fingerprint density at radius 2 is 1.88 bits per heavy atom. The SMILES string of the molecule is NS(=O)(=O)c1ccccc1-c1ccc(C(=O)C2=CC=C[B]2)c(F)c1. The van der Waals surface area contributed by atoms with Crippen molar-refractivity contribution in [2.75, 3.05) is 0 Å². The van der Waals surface area contributed by atoms with E-state index in [9.17, 15) is 17.6 Å². The van der Waals surface area contributed by atoms with E-state index in [-0.39, 0.29) is 16.0 Å². The van der Waals surface area contributed by atoms with Gasteiger partial charge in [-0.15, -0.1) is 5.98 Å². The largest absolute Gasteiger partial charge is 0.290 e. The third-order valence-electron chi connectivity index (χ3n) is 3.64. The lowest BCUT2D eigenvalue weighted by molar-refractivity contribution is 0.103. The van der Waals surface area contributed by atoms with E-state index in [1.807, 2.05) is 0 Å². The monoisotopic (exact) mass is 340 g/mol. The van der Waals surface area contributed by atoms with Crippen LogP contribution >= 0.6 is 0 Å². The molecule has 4 nitrogen and oxygen atoms in total. The second-order valence-corrected chi connectivity index (χ2v) is 6.77. The molecule has 0 unspecified atom stereocenters. The van der Waals surface area contributed by atoms with Crippen molar-refractivity contribution in [3.63, 3.8) is 0 Å². The second kappa shape index (κ2) is 6.18. The van der Waals surface area contributed by atoms with Crippen LogP contribution in [-0.4, -0.2) is 21.5 Å². The molecule has 0 bridgehead atoms. The first-order valence-electron chi connectivity index (χ1n) is 7.06. The summed E-state index contributed by atoms with van der Waals surface area (Å²) in [6.45, 7) is 0. The Balaban J connectivity index is 2.04. The number of carbonyl (C=O) groups is 1. The maximum absolute atomic E-state index is 14.4. The second-order valence-electron chi connectivity index (χ2n) is 5.24. The van der Waals surface area contributed by atoms with Gasteiger partial charge in [-0.05, 0) is 29.2 Å². The van der Waals surface area contributed by atoms with Gasteiger partial charge in [0, 0.05) is 5.56 Å². The van der Waals surface area contributed by atoms with E-state index in [1.54, 1.807) is 31.5 Å². The predicted octanol–water partition coefficient (Wildman–Crippen LogP) is 2.44. The van der Waals surface area contributed by atoms with E-state index in [0.717, 1.165) is 6.07 Å². The Morgan fingerprint density at radius 3 is 2.50 bits per heavy atom. The number of hydrogen-bond acceptors (Lipinski definition) is 3. The zero-order valence-corrected chi connectivity index (χ0v) is 13.3. The summed E-state index contributed by atoms with van der Waals surface area (Å²) in [6, 6.07) is 10.0. The first-order chi connectivity index (χ1) is 11.4. The van der Waals surface area contributed by atoms with Gasteiger partial charge in [0.05, 0.1) is 10.5 Å². The van der Waals surface area contributed by atoms with Crippen LogP contribution < -0.4 is 5.14 Å². The fourth-order valence-corrected chi connectivity index (χ4v) is 3.26. The lowest BCUT2D eigenvalue weighted by Gasteiger charge is -2.10. The highest BCUT2D eigenvalue weighted by atomic mass is 32.2. The minimum absolute atomic E-state index is 0.0713. The molecular weight excluding hydrogens is 328 g/mol. The number of ketones is 1. The van der Waals surface area contributed by atoms with Gasteiger partial charge in [-0.2, -0.15) is 0 Å². The number of halogens is 1. The fraction of sp³-hybridized carbons (Fsp3) is 0. The van der Waals surface area contributed by atoms with Gasteiger partial charge >= 0.3 is 0 Å². The summed E-state index contributed by atoms with van der Waals surface area (Å²) in [6.07, 6.45) is 3.30. The van der Waals surface area contributed by atoms with Crippen LogP contribution in [0.5, 0.6) is 0 Å². The van der Waals surface area contributed by atoms with Crippen molar-refractivity contribution >= 4 is 23.1 Å². The smallest absolute Gasteiger partial charge is 0.238 e. The molecule has 0 spiro atoms. The Kier molecular flexibility index (Phi) is 4.21. The van der Waals surface area contributed by atoms with Gasteiger partial charge in [-0.3, -0.25) is 4.79 Å². The lowest BCUT2D eigenvalue weighted by Crippen LogP contribution is -2.13. The van der Waals surface area contributed by atoms with Crippen LogP contribution in [-0.2, 0) is 10.0 Å². The van der Waals surface area contributed by atoms with Gasteiger partial charge in [-0.25, -0.2) is 17.9 Å². The molecule has 24 heavy (non-hydrogen) atoms. The number of sulfonamides is 1.